The van der Waals surface area contributed by atoms with Gasteiger partial charge in [0.2, 0.25) is 15.9 Å². The zero-order valence-corrected chi connectivity index (χ0v) is 14.6. The lowest BCUT2D eigenvalue weighted by molar-refractivity contribution is 0.463. The summed E-state index contributed by atoms with van der Waals surface area (Å²) in [6.45, 7) is 0.326. The number of rotatable bonds is 3. The molecule has 1 aliphatic rings. The van der Waals surface area contributed by atoms with Crippen molar-refractivity contribution in [3.63, 3.8) is 0 Å². The van der Waals surface area contributed by atoms with E-state index in [0.29, 0.717) is 34.7 Å². The fourth-order valence-corrected chi connectivity index (χ4v) is 4.00. The van der Waals surface area contributed by atoms with Crippen molar-refractivity contribution in [2.75, 3.05) is 10.5 Å². The van der Waals surface area contributed by atoms with Crippen LogP contribution in [0.3, 0.4) is 0 Å². The van der Waals surface area contributed by atoms with Crippen LogP contribution in [0.2, 0.25) is 5.15 Å². The van der Waals surface area contributed by atoms with Gasteiger partial charge in [0.1, 0.15) is 16.7 Å². The van der Waals surface area contributed by atoms with E-state index in [1.54, 1.807) is 22.9 Å². The fourth-order valence-electron chi connectivity index (χ4n) is 2.69. The molecule has 0 saturated carbocycles. The normalized spacial score (nSPS) is 15.2. The van der Waals surface area contributed by atoms with Gasteiger partial charge < -0.3 is 9.30 Å². The molecule has 3 heterocycles. The Bertz CT molecular complexity index is 1020. The molecule has 1 N–H and O–H groups in total. The number of nitrogens with one attached hydrogen (secondary N) is 1. The van der Waals surface area contributed by atoms with E-state index in [0.717, 1.165) is 5.56 Å². The molecule has 0 atom stereocenters. The van der Waals surface area contributed by atoms with Crippen LogP contribution in [0.4, 0.5) is 5.82 Å². The van der Waals surface area contributed by atoms with Crippen LogP contribution in [0.1, 0.15) is 0 Å². The summed E-state index contributed by atoms with van der Waals surface area (Å²) in [5, 5.41) is 0.483. The van der Waals surface area contributed by atoms with Crippen LogP contribution in [-0.2, 0) is 16.6 Å². The van der Waals surface area contributed by atoms with Crippen molar-refractivity contribution in [1.29, 1.82) is 0 Å². The van der Waals surface area contributed by atoms with Gasteiger partial charge in [0, 0.05) is 29.9 Å². The van der Waals surface area contributed by atoms with E-state index in [1.165, 1.54) is 0 Å². The van der Waals surface area contributed by atoms with Crippen LogP contribution in [-0.4, -0.2) is 23.7 Å². The Labute approximate surface area is 150 Å². The number of hydrogen-bond acceptors (Lipinski definition) is 4. The van der Waals surface area contributed by atoms with Gasteiger partial charge in [-0.05, 0) is 24.3 Å². The molecule has 1 aliphatic heterocycles. The van der Waals surface area contributed by atoms with Gasteiger partial charge in [0.15, 0.2) is 0 Å². The van der Waals surface area contributed by atoms with Crippen LogP contribution in [0, 0.1) is 0 Å². The predicted octanol–water partition coefficient (Wildman–Crippen LogP) is 3.75. The molecular formula is C17H14ClN3O3S. The Hall–Kier alpha value is -2.51. The lowest BCUT2D eigenvalue weighted by atomic mass is 10.1. The molecule has 0 amide bonds. The van der Waals surface area contributed by atoms with E-state index < -0.39 is 10.0 Å². The fraction of sp³-hybridized carbons (Fsp3) is 0.118. The van der Waals surface area contributed by atoms with E-state index in [-0.39, 0.29) is 5.75 Å². The lowest BCUT2D eigenvalue weighted by Crippen LogP contribution is -2.27. The maximum Gasteiger partial charge on any atom is 0.235 e. The molecule has 0 saturated heterocycles. The number of nitrogens with zero attached hydrogens (tertiary/aromatic N) is 2. The standard InChI is InChI=1S/C17H14ClN3O3S/c18-15-10-14(17-20-25(22,23)9-8-21(15)17)12-6-7-16(19-11-12)24-13-4-2-1-3-5-13/h1-7,10-11,20H,8-9H2. The number of benzene rings is 1. The van der Waals surface area contributed by atoms with Crippen molar-refractivity contribution in [3.05, 3.63) is 59.9 Å². The van der Waals surface area contributed by atoms with Gasteiger partial charge in [-0.2, -0.15) is 0 Å². The number of hydrogen-bond donors (Lipinski definition) is 1. The average molecular weight is 376 g/mol. The van der Waals surface area contributed by atoms with Crippen LogP contribution in [0.25, 0.3) is 11.1 Å². The Morgan fingerprint density at radius 3 is 2.68 bits per heavy atom. The number of fused-ring (bicyclic) bond motifs is 1. The molecule has 0 radical (unpaired) electrons. The van der Waals surface area contributed by atoms with Crippen LogP contribution in [0.15, 0.2) is 54.7 Å². The topological polar surface area (TPSA) is 73.2 Å². The highest BCUT2D eigenvalue weighted by Crippen LogP contribution is 2.36. The number of sulfonamides is 1. The summed E-state index contributed by atoms with van der Waals surface area (Å²) >= 11 is 6.23. The Kier molecular flexibility index (Phi) is 3.89. The minimum Gasteiger partial charge on any atom is -0.439 e. The minimum absolute atomic E-state index is 0.00986. The van der Waals surface area contributed by atoms with Gasteiger partial charge in [-0.3, -0.25) is 4.72 Å². The molecule has 8 heteroatoms. The summed E-state index contributed by atoms with van der Waals surface area (Å²) in [4.78, 5) is 4.29. The van der Waals surface area contributed by atoms with Crippen molar-refractivity contribution in [2.45, 2.75) is 6.54 Å². The molecule has 25 heavy (non-hydrogen) atoms. The number of anilines is 1. The second kappa shape index (κ2) is 6.09. The highest BCUT2D eigenvalue weighted by Gasteiger charge is 2.25. The third-order valence-corrected chi connectivity index (χ3v) is 5.43. The van der Waals surface area contributed by atoms with Crippen LogP contribution >= 0.6 is 11.6 Å². The first kappa shape index (κ1) is 16.0. The smallest absolute Gasteiger partial charge is 0.235 e. The van der Waals surface area contributed by atoms with Gasteiger partial charge in [-0.1, -0.05) is 29.8 Å². The SMILES string of the molecule is O=S1(=O)CCn2c(Cl)cc(-c3ccc(Oc4ccccc4)nc3)c2N1. The summed E-state index contributed by atoms with van der Waals surface area (Å²) in [5.74, 6) is 1.62. The van der Waals surface area contributed by atoms with Crippen LogP contribution < -0.4 is 9.46 Å². The molecule has 0 bridgehead atoms. The number of para-hydroxylation sites is 1. The zero-order chi connectivity index (χ0) is 17.4. The van der Waals surface area contributed by atoms with Crippen LogP contribution in [0.5, 0.6) is 11.6 Å². The maximum absolute atomic E-state index is 11.9. The molecule has 3 aromatic rings. The zero-order valence-electron chi connectivity index (χ0n) is 13.0. The second-order valence-corrected chi connectivity index (χ2v) is 7.83. The number of ether oxygens (including phenoxy) is 1. The molecule has 2 aromatic heterocycles. The number of pyridine rings is 1. The largest absolute Gasteiger partial charge is 0.439 e. The monoisotopic (exact) mass is 375 g/mol. The second-order valence-electron chi connectivity index (χ2n) is 5.60. The molecule has 0 aliphatic carbocycles. The van der Waals surface area contributed by atoms with Crippen molar-refractivity contribution >= 4 is 27.4 Å². The third kappa shape index (κ3) is 3.20. The quantitative estimate of drug-likeness (QED) is 0.756. The van der Waals surface area contributed by atoms with Crippen molar-refractivity contribution in [3.8, 4) is 22.8 Å². The Balaban J connectivity index is 1.65. The summed E-state index contributed by atoms with van der Waals surface area (Å²) < 4.78 is 33.7. The van der Waals surface area contributed by atoms with Gasteiger partial charge in [-0.25, -0.2) is 13.4 Å². The number of aromatic nitrogens is 2. The van der Waals surface area contributed by atoms with Gasteiger partial charge in [0.05, 0.1) is 5.75 Å². The van der Waals surface area contributed by atoms with E-state index >= 15 is 0 Å². The predicted molar refractivity (Wildman–Crippen MR) is 96.6 cm³/mol. The van der Waals surface area contributed by atoms with Gasteiger partial charge >= 0.3 is 0 Å². The van der Waals surface area contributed by atoms with Crippen molar-refractivity contribution in [1.82, 2.24) is 9.55 Å². The third-order valence-electron chi connectivity index (χ3n) is 3.90. The highest BCUT2D eigenvalue weighted by atomic mass is 35.5. The molecule has 1 aromatic carbocycles. The molecule has 6 nitrogen and oxygen atoms in total. The van der Waals surface area contributed by atoms with Gasteiger partial charge in [-0.15, -0.1) is 0 Å². The van der Waals surface area contributed by atoms with Gasteiger partial charge in [0.25, 0.3) is 0 Å². The van der Waals surface area contributed by atoms with E-state index in [9.17, 15) is 8.42 Å². The average Bonchev–Trinajstić information content (AvgIpc) is 2.91. The number of halogens is 1. The molecular weight excluding hydrogens is 362 g/mol. The van der Waals surface area contributed by atoms with Crippen molar-refractivity contribution < 1.29 is 13.2 Å². The molecule has 0 fully saturated rings. The first-order valence-corrected chi connectivity index (χ1v) is 9.64. The summed E-state index contributed by atoms with van der Waals surface area (Å²) in [5.41, 5.74) is 1.44. The lowest BCUT2D eigenvalue weighted by Gasteiger charge is -2.19. The Morgan fingerprint density at radius 2 is 1.96 bits per heavy atom. The molecule has 0 unspecified atom stereocenters. The first-order valence-electron chi connectivity index (χ1n) is 7.61. The molecule has 128 valence electrons. The summed E-state index contributed by atoms with van der Waals surface area (Å²) in [7, 11) is -3.34. The van der Waals surface area contributed by atoms with E-state index in [2.05, 4.69) is 9.71 Å². The van der Waals surface area contributed by atoms with Crippen molar-refractivity contribution in [2.24, 2.45) is 0 Å². The van der Waals surface area contributed by atoms with E-state index in [4.69, 9.17) is 16.3 Å². The molecule has 0 spiro atoms. The molecule has 4 rings (SSSR count). The Morgan fingerprint density at radius 1 is 1.16 bits per heavy atom. The minimum atomic E-state index is -3.34. The first-order chi connectivity index (χ1) is 12.0. The maximum atomic E-state index is 11.9. The highest BCUT2D eigenvalue weighted by molar-refractivity contribution is 7.92. The summed E-state index contributed by atoms with van der Waals surface area (Å²) in [6, 6.07) is 14.6. The summed E-state index contributed by atoms with van der Waals surface area (Å²) in [6.07, 6.45) is 1.63. The van der Waals surface area contributed by atoms with E-state index in [1.807, 2.05) is 36.4 Å².